The maximum atomic E-state index is 11.9. The molecule has 1 amide bonds. The van der Waals surface area contributed by atoms with Crippen LogP contribution in [-0.2, 0) is 6.42 Å². The molecule has 0 spiro atoms. The van der Waals surface area contributed by atoms with Crippen molar-refractivity contribution >= 4 is 45.6 Å². The van der Waals surface area contributed by atoms with E-state index in [1.54, 1.807) is 18.2 Å². The number of hydrogen-bond acceptors (Lipinski definition) is 4. The highest BCUT2D eigenvalue weighted by Crippen LogP contribution is 2.21. The second-order valence-electron chi connectivity index (χ2n) is 3.47. The minimum atomic E-state index is -0.307. The lowest BCUT2D eigenvalue weighted by atomic mass is 10.2. The van der Waals surface area contributed by atoms with Crippen molar-refractivity contribution in [2.24, 2.45) is 0 Å². The third kappa shape index (κ3) is 3.19. The predicted molar refractivity (Wildman–Crippen MR) is 73.7 cm³/mol. The van der Waals surface area contributed by atoms with E-state index in [-0.39, 0.29) is 5.91 Å². The van der Waals surface area contributed by atoms with Gasteiger partial charge in [-0.2, -0.15) is 0 Å². The van der Waals surface area contributed by atoms with Crippen LogP contribution in [0, 0.1) is 0 Å². The van der Waals surface area contributed by atoms with Gasteiger partial charge in [-0.25, -0.2) is 0 Å². The lowest BCUT2D eigenvalue weighted by Crippen LogP contribution is -2.11. The topological polar surface area (TPSA) is 54.9 Å². The molecule has 1 aromatic carbocycles. The smallest absolute Gasteiger partial charge is 0.257 e. The Hall–Kier alpha value is -1.17. The predicted octanol–water partition coefficient (Wildman–Crippen LogP) is 3.66. The Labute approximate surface area is 118 Å². The fraction of sp³-hybridized carbons (Fsp3) is 0.182. The van der Waals surface area contributed by atoms with E-state index in [4.69, 9.17) is 23.2 Å². The minimum absolute atomic E-state index is 0.307. The molecule has 0 radical (unpaired) electrons. The molecule has 1 N–H and O–H groups in total. The van der Waals surface area contributed by atoms with E-state index in [0.717, 1.165) is 11.4 Å². The summed E-state index contributed by atoms with van der Waals surface area (Å²) < 4.78 is 0. The molecule has 0 unspecified atom stereocenters. The van der Waals surface area contributed by atoms with Gasteiger partial charge in [-0.3, -0.25) is 10.1 Å². The van der Waals surface area contributed by atoms with Crippen LogP contribution >= 0.6 is 34.5 Å². The number of aryl methyl sites for hydroxylation is 1. The number of nitrogens with one attached hydrogen (secondary N) is 1. The van der Waals surface area contributed by atoms with Gasteiger partial charge < -0.3 is 0 Å². The largest absolute Gasteiger partial charge is 0.296 e. The molecule has 0 atom stereocenters. The first-order chi connectivity index (χ1) is 8.58. The summed E-state index contributed by atoms with van der Waals surface area (Å²) >= 11 is 13.0. The molecular weight excluding hydrogens is 293 g/mol. The van der Waals surface area contributed by atoms with E-state index in [0.29, 0.717) is 20.7 Å². The van der Waals surface area contributed by atoms with Crippen molar-refractivity contribution in [2.45, 2.75) is 13.3 Å². The number of aromatic nitrogens is 2. The molecule has 2 aromatic rings. The van der Waals surface area contributed by atoms with Gasteiger partial charge in [-0.15, -0.1) is 10.2 Å². The molecule has 4 nitrogen and oxygen atoms in total. The molecule has 7 heteroatoms. The zero-order valence-corrected chi connectivity index (χ0v) is 11.7. The highest BCUT2D eigenvalue weighted by Gasteiger charge is 2.11. The summed E-state index contributed by atoms with van der Waals surface area (Å²) in [6.45, 7) is 1.98. The summed E-state index contributed by atoms with van der Waals surface area (Å²) in [6.07, 6.45) is 0.788. The Morgan fingerprint density at radius 2 is 1.94 bits per heavy atom. The summed E-state index contributed by atoms with van der Waals surface area (Å²) in [5.74, 6) is -0.307. The maximum Gasteiger partial charge on any atom is 0.257 e. The Bertz CT molecular complexity index is 565. The Morgan fingerprint density at radius 1 is 1.28 bits per heavy atom. The van der Waals surface area contributed by atoms with Gasteiger partial charge in [0.15, 0.2) is 0 Å². The second-order valence-corrected chi connectivity index (χ2v) is 5.40. The van der Waals surface area contributed by atoms with Crippen LogP contribution in [0.4, 0.5) is 5.13 Å². The van der Waals surface area contributed by atoms with Gasteiger partial charge in [0.05, 0.1) is 0 Å². The quantitative estimate of drug-likeness (QED) is 0.941. The van der Waals surface area contributed by atoms with Crippen molar-refractivity contribution in [3.8, 4) is 0 Å². The average Bonchev–Trinajstić information content (AvgIpc) is 2.75. The van der Waals surface area contributed by atoms with Crippen molar-refractivity contribution in [1.82, 2.24) is 10.2 Å². The maximum absolute atomic E-state index is 11.9. The molecule has 1 heterocycles. The zero-order valence-electron chi connectivity index (χ0n) is 9.41. The molecule has 18 heavy (non-hydrogen) atoms. The normalized spacial score (nSPS) is 10.4. The van der Waals surface area contributed by atoms with Crippen LogP contribution in [0.15, 0.2) is 18.2 Å². The molecule has 0 saturated heterocycles. The number of amides is 1. The van der Waals surface area contributed by atoms with Gasteiger partial charge in [0, 0.05) is 15.6 Å². The molecule has 0 aliphatic rings. The van der Waals surface area contributed by atoms with Gasteiger partial charge >= 0.3 is 0 Å². The standard InChI is InChI=1S/C11H9Cl2N3OS/c1-2-9-15-16-11(18-9)14-10(17)6-3-7(12)5-8(13)4-6/h3-5H,2H2,1H3,(H,14,16,17). The van der Waals surface area contributed by atoms with Crippen molar-refractivity contribution in [1.29, 1.82) is 0 Å². The highest BCUT2D eigenvalue weighted by atomic mass is 35.5. The molecule has 0 bridgehead atoms. The lowest BCUT2D eigenvalue weighted by molar-refractivity contribution is 0.102. The van der Waals surface area contributed by atoms with E-state index in [1.165, 1.54) is 11.3 Å². The Balaban J connectivity index is 2.16. The van der Waals surface area contributed by atoms with Crippen molar-refractivity contribution in [2.75, 3.05) is 5.32 Å². The van der Waals surface area contributed by atoms with Crippen LogP contribution in [-0.4, -0.2) is 16.1 Å². The fourth-order valence-electron chi connectivity index (χ4n) is 1.30. The first-order valence-electron chi connectivity index (χ1n) is 5.18. The number of halogens is 2. The third-order valence-electron chi connectivity index (χ3n) is 2.11. The van der Waals surface area contributed by atoms with Gasteiger partial charge in [0.25, 0.3) is 5.91 Å². The number of nitrogens with zero attached hydrogens (tertiary/aromatic N) is 2. The number of anilines is 1. The summed E-state index contributed by atoms with van der Waals surface area (Å²) in [7, 11) is 0. The van der Waals surface area contributed by atoms with Crippen LogP contribution in [0.25, 0.3) is 0 Å². The fourth-order valence-corrected chi connectivity index (χ4v) is 2.50. The van der Waals surface area contributed by atoms with Crippen LogP contribution < -0.4 is 5.32 Å². The number of carbonyl (C=O) groups is 1. The number of benzene rings is 1. The van der Waals surface area contributed by atoms with Crippen LogP contribution in [0.5, 0.6) is 0 Å². The van der Waals surface area contributed by atoms with Gasteiger partial charge in [0.2, 0.25) is 5.13 Å². The zero-order chi connectivity index (χ0) is 13.1. The Morgan fingerprint density at radius 3 is 2.50 bits per heavy atom. The van der Waals surface area contributed by atoms with Crippen molar-refractivity contribution < 1.29 is 4.79 Å². The van der Waals surface area contributed by atoms with Crippen molar-refractivity contribution in [3.63, 3.8) is 0 Å². The molecule has 0 aliphatic heterocycles. The number of carbonyl (C=O) groups excluding carboxylic acids is 1. The van der Waals surface area contributed by atoms with Gasteiger partial charge in [0.1, 0.15) is 5.01 Å². The molecule has 94 valence electrons. The molecule has 2 rings (SSSR count). The van der Waals surface area contributed by atoms with E-state index in [2.05, 4.69) is 15.5 Å². The van der Waals surface area contributed by atoms with Crippen LogP contribution in [0.3, 0.4) is 0 Å². The Kier molecular flexibility index (Phi) is 4.16. The summed E-state index contributed by atoms with van der Waals surface area (Å²) in [4.78, 5) is 11.9. The minimum Gasteiger partial charge on any atom is -0.296 e. The monoisotopic (exact) mass is 301 g/mol. The molecule has 0 saturated carbocycles. The van der Waals surface area contributed by atoms with E-state index in [1.807, 2.05) is 6.92 Å². The van der Waals surface area contributed by atoms with E-state index < -0.39 is 0 Å². The summed E-state index contributed by atoms with van der Waals surface area (Å²) in [6, 6.07) is 4.66. The van der Waals surface area contributed by atoms with Crippen LogP contribution in [0.2, 0.25) is 10.0 Å². The molecule has 1 aromatic heterocycles. The molecule has 0 fully saturated rings. The molecule has 0 aliphatic carbocycles. The lowest BCUT2D eigenvalue weighted by Gasteiger charge is -2.02. The summed E-state index contributed by atoms with van der Waals surface area (Å²) in [5, 5.41) is 12.6. The number of hydrogen-bond donors (Lipinski definition) is 1. The van der Waals surface area contributed by atoms with E-state index >= 15 is 0 Å². The average molecular weight is 302 g/mol. The SMILES string of the molecule is CCc1nnc(NC(=O)c2cc(Cl)cc(Cl)c2)s1. The van der Waals surface area contributed by atoms with Gasteiger partial charge in [-0.1, -0.05) is 41.5 Å². The van der Waals surface area contributed by atoms with E-state index in [9.17, 15) is 4.79 Å². The summed E-state index contributed by atoms with van der Waals surface area (Å²) in [5.41, 5.74) is 0.390. The first kappa shape index (κ1) is 13.3. The number of rotatable bonds is 3. The van der Waals surface area contributed by atoms with Gasteiger partial charge in [-0.05, 0) is 24.6 Å². The molecular formula is C11H9Cl2N3OS. The van der Waals surface area contributed by atoms with Crippen molar-refractivity contribution in [3.05, 3.63) is 38.8 Å². The third-order valence-corrected chi connectivity index (χ3v) is 3.53. The highest BCUT2D eigenvalue weighted by molar-refractivity contribution is 7.15. The van der Waals surface area contributed by atoms with Crippen LogP contribution in [0.1, 0.15) is 22.3 Å². The second kappa shape index (κ2) is 5.65. The first-order valence-corrected chi connectivity index (χ1v) is 6.75.